The Bertz CT molecular complexity index is 331. The normalized spacial score (nSPS) is 33.5. The lowest BCUT2D eigenvalue weighted by atomic mass is 10.2. The molecule has 0 N–H and O–H groups in total. The average molecular weight is 204 g/mol. The van der Waals surface area contributed by atoms with Crippen LogP contribution in [0.2, 0.25) is 18.6 Å². The predicted octanol–water partition coefficient (Wildman–Crippen LogP) is 3.15. The maximum atomic E-state index is 5.87. The molecule has 0 bridgehead atoms. The molecule has 0 aliphatic carbocycles. The fourth-order valence-electron chi connectivity index (χ4n) is 2.56. The summed E-state index contributed by atoms with van der Waals surface area (Å²) in [4.78, 5) is 0. The van der Waals surface area contributed by atoms with Crippen LogP contribution >= 0.6 is 0 Å². The lowest BCUT2D eigenvalue weighted by molar-refractivity contribution is 0.397. The predicted molar refractivity (Wildman–Crippen MR) is 59.9 cm³/mol. The molecule has 1 aromatic carbocycles. The minimum absolute atomic E-state index is 0.452. The molecule has 14 heavy (non-hydrogen) atoms. The van der Waals surface area contributed by atoms with E-state index in [1.807, 2.05) is 0 Å². The van der Waals surface area contributed by atoms with E-state index < -0.39 is 8.07 Å². The van der Waals surface area contributed by atoms with E-state index in [2.05, 4.69) is 36.9 Å². The Hall–Kier alpha value is -0.603. The van der Waals surface area contributed by atoms with Gasteiger partial charge in [0.1, 0.15) is 6.10 Å². The number of rotatable bonds is 2. The third kappa shape index (κ3) is 1.25. The molecule has 0 spiro atoms. The van der Waals surface area contributed by atoms with Gasteiger partial charge in [0.2, 0.25) is 0 Å². The zero-order chi connectivity index (χ0) is 9.60. The number of hydrogen-bond donors (Lipinski definition) is 0. The van der Waals surface area contributed by atoms with Gasteiger partial charge < -0.3 is 4.74 Å². The number of benzene rings is 1. The summed E-state index contributed by atoms with van der Waals surface area (Å²) in [6.45, 7) is 2.50. The van der Waals surface area contributed by atoms with Crippen molar-refractivity contribution in [1.82, 2.24) is 0 Å². The molecule has 2 fully saturated rings. The fourth-order valence-corrected chi connectivity index (χ4v) is 5.99. The molecule has 2 saturated heterocycles. The van der Waals surface area contributed by atoms with E-state index in [0.29, 0.717) is 11.8 Å². The summed E-state index contributed by atoms with van der Waals surface area (Å²) in [6.07, 6.45) is 1.90. The molecule has 0 unspecified atom stereocenters. The second-order valence-corrected chi connectivity index (χ2v) is 9.77. The molecule has 74 valence electrons. The van der Waals surface area contributed by atoms with E-state index in [4.69, 9.17) is 4.74 Å². The summed E-state index contributed by atoms with van der Waals surface area (Å²) in [5.74, 6) is 0. The molecule has 2 atom stereocenters. The van der Waals surface area contributed by atoms with Crippen LogP contribution in [0.5, 0.6) is 0 Å². The van der Waals surface area contributed by atoms with Crippen LogP contribution in [0.4, 0.5) is 0 Å². The first kappa shape index (κ1) is 8.68. The SMILES string of the molecule is C[Si]1([C@@H]2O[C@H]2c2ccccc2)CCC1. The molecule has 1 nitrogen and oxygen atoms in total. The average Bonchev–Trinajstić information content (AvgIpc) is 2.95. The maximum Gasteiger partial charge on any atom is 0.106 e. The summed E-state index contributed by atoms with van der Waals surface area (Å²) < 4.78 is 5.87. The lowest BCUT2D eigenvalue weighted by Crippen LogP contribution is -2.44. The molecule has 3 rings (SSSR count). The quantitative estimate of drug-likeness (QED) is 0.532. The van der Waals surface area contributed by atoms with Crippen LogP contribution in [0.1, 0.15) is 18.1 Å². The van der Waals surface area contributed by atoms with Gasteiger partial charge in [-0.1, -0.05) is 55.4 Å². The Morgan fingerprint density at radius 2 is 1.93 bits per heavy atom. The molecule has 0 aromatic heterocycles. The van der Waals surface area contributed by atoms with Crippen molar-refractivity contribution in [3.05, 3.63) is 35.9 Å². The fraction of sp³-hybridized carbons (Fsp3) is 0.500. The van der Waals surface area contributed by atoms with Gasteiger partial charge in [-0.2, -0.15) is 0 Å². The summed E-state index contributed by atoms with van der Waals surface area (Å²) >= 11 is 0. The van der Waals surface area contributed by atoms with Crippen LogP contribution in [0, 0.1) is 0 Å². The van der Waals surface area contributed by atoms with Gasteiger partial charge in [-0.15, -0.1) is 0 Å². The number of hydrogen-bond acceptors (Lipinski definition) is 1. The van der Waals surface area contributed by atoms with Crippen molar-refractivity contribution in [2.75, 3.05) is 0 Å². The summed E-state index contributed by atoms with van der Waals surface area (Å²) in [6, 6.07) is 13.7. The minimum atomic E-state index is -0.931. The van der Waals surface area contributed by atoms with Crippen LogP contribution < -0.4 is 0 Å². The van der Waals surface area contributed by atoms with Gasteiger partial charge >= 0.3 is 0 Å². The third-order valence-electron chi connectivity index (χ3n) is 3.80. The molecule has 0 amide bonds. The van der Waals surface area contributed by atoms with Gasteiger partial charge in [-0.3, -0.25) is 0 Å². The van der Waals surface area contributed by atoms with Crippen LogP contribution in [-0.2, 0) is 4.74 Å². The van der Waals surface area contributed by atoms with Crippen LogP contribution in [0.25, 0.3) is 0 Å². The van der Waals surface area contributed by atoms with Crippen molar-refractivity contribution in [3.63, 3.8) is 0 Å². The van der Waals surface area contributed by atoms with Gasteiger partial charge in [0, 0.05) is 0 Å². The zero-order valence-electron chi connectivity index (χ0n) is 8.57. The topological polar surface area (TPSA) is 12.5 Å². The highest BCUT2D eigenvalue weighted by atomic mass is 28.3. The lowest BCUT2D eigenvalue weighted by Gasteiger charge is -2.34. The van der Waals surface area contributed by atoms with Gasteiger partial charge in [0.15, 0.2) is 0 Å². The van der Waals surface area contributed by atoms with Crippen LogP contribution in [0.3, 0.4) is 0 Å². The summed E-state index contributed by atoms with van der Waals surface area (Å²) in [5.41, 5.74) is 2.02. The van der Waals surface area contributed by atoms with Crippen molar-refractivity contribution < 1.29 is 4.74 Å². The molecule has 2 aliphatic rings. The second kappa shape index (κ2) is 2.94. The second-order valence-electron chi connectivity index (χ2n) is 4.90. The first-order valence-electron chi connectivity index (χ1n) is 5.50. The highest BCUT2D eigenvalue weighted by molar-refractivity contribution is 6.82. The van der Waals surface area contributed by atoms with Gasteiger partial charge in [-0.25, -0.2) is 0 Å². The molecule has 2 heterocycles. The molecular weight excluding hydrogens is 188 g/mol. The summed E-state index contributed by atoms with van der Waals surface area (Å²) in [7, 11) is -0.931. The Morgan fingerprint density at radius 1 is 1.21 bits per heavy atom. The number of epoxide rings is 1. The van der Waals surface area contributed by atoms with E-state index in [0.717, 1.165) is 0 Å². The minimum Gasteiger partial charge on any atom is -0.368 e. The van der Waals surface area contributed by atoms with E-state index >= 15 is 0 Å². The standard InChI is InChI=1S/C12H16OSi/c1-14(8-5-9-14)12-11(13-12)10-6-3-2-4-7-10/h2-4,6-7,11-12H,5,8-9H2,1H3/t11-,12-/m0/s1. The molecule has 0 radical (unpaired) electrons. The van der Waals surface area contributed by atoms with Crippen molar-refractivity contribution in [1.29, 1.82) is 0 Å². The smallest absolute Gasteiger partial charge is 0.106 e. The Labute approximate surface area is 86.1 Å². The van der Waals surface area contributed by atoms with E-state index in [9.17, 15) is 0 Å². The molecule has 2 aliphatic heterocycles. The van der Waals surface area contributed by atoms with Gasteiger partial charge in [0.25, 0.3) is 0 Å². The third-order valence-corrected chi connectivity index (χ3v) is 8.61. The Morgan fingerprint density at radius 3 is 2.50 bits per heavy atom. The molecule has 1 aromatic rings. The zero-order valence-corrected chi connectivity index (χ0v) is 9.57. The first-order valence-corrected chi connectivity index (χ1v) is 8.49. The van der Waals surface area contributed by atoms with E-state index in [1.165, 1.54) is 24.1 Å². The van der Waals surface area contributed by atoms with E-state index in [-0.39, 0.29) is 0 Å². The van der Waals surface area contributed by atoms with E-state index in [1.54, 1.807) is 0 Å². The van der Waals surface area contributed by atoms with Gasteiger partial charge in [0.05, 0.1) is 13.8 Å². The summed E-state index contributed by atoms with van der Waals surface area (Å²) in [5, 5.41) is 0. The highest BCUT2D eigenvalue weighted by Crippen LogP contribution is 2.51. The van der Waals surface area contributed by atoms with Crippen LogP contribution in [-0.4, -0.2) is 13.8 Å². The Kier molecular flexibility index (Phi) is 1.82. The molecule has 0 saturated carbocycles. The monoisotopic (exact) mass is 204 g/mol. The van der Waals surface area contributed by atoms with Crippen molar-refractivity contribution >= 4 is 8.07 Å². The Balaban J connectivity index is 1.74. The highest BCUT2D eigenvalue weighted by Gasteiger charge is 2.56. The van der Waals surface area contributed by atoms with Crippen molar-refractivity contribution in [2.45, 2.75) is 36.9 Å². The van der Waals surface area contributed by atoms with Crippen molar-refractivity contribution in [3.8, 4) is 0 Å². The molecule has 2 heteroatoms. The molecular formula is C12H16OSi. The number of ether oxygens (including phenoxy) is 1. The maximum absolute atomic E-state index is 5.87. The largest absolute Gasteiger partial charge is 0.368 e. The van der Waals surface area contributed by atoms with Gasteiger partial charge in [-0.05, 0) is 5.56 Å². The van der Waals surface area contributed by atoms with Crippen LogP contribution in [0.15, 0.2) is 30.3 Å². The first-order chi connectivity index (χ1) is 6.80. The van der Waals surface area contributed by atoms with Crippen molar-refractivity contribution in [2.24, 2.45) is 0 Å².